The third-order valence-electron chi connectivity index (χ3n) is 3.50. The number of phenolic OH excluding ortho intramolecular Hbond substituents is 2. The second-order valence-corrected chi connectivity index (χ2v) is 4.63. The van der Waals surface area contributed by atoms with Crippen molar-refractivity contribution >= 4 is 0 Å². The van der Waals surface area contributed by atoms with Crippen LogP contribution in [0.3, 0.4) is 0 Å². The lowest BCUT2D eigenvalue weighted by atomic mass is 9.85. The molecule has 3 heteroatoms. The number of nitrogens with one attached hydrogen (secondary N) is 1. The fourth-order valence-electron chi connectivity index (χ4n) is 2.55. The highest BCUT2D eigenvalue weighted by Gasteiger charge is 2.21. The summed E-state index contributed by atoms with van der Waals surface area (Å²) in [5, 5.41) is 22.4. The summed E-state index contributed by atoms with van der Waals surface area (Å²) in [4.78, 5) is 0. The van der Waals surface area contributed by atoms with Crippen LogP contribution in [0.5, 0.6) is 11.5 Å². The van der Waals surface area contributed by atoms with Crippen LogP contribution in [0.25, 0.3) is 0 Å². The SMILES string of the molecule is Oc1ccc([C@H]2CNCc3ccccc32)cc1O. The summed E-state index contributed by atoms with van der Waals surface area (Å²) in [5.41, 5.74) is 3.60. The summed E-state index contributed by atoms with van der Waals surface area (Å²) >= 11 is 0. The predicted octanol–water partition coefficient (Wildman–Crippen LogP) is 2.33. The standard InChI is InChI=1S/C15H15NO2/c17-14-6-5-10(7-15(14)18)13-9-16-8-11-3-1-2-4-12(11)13/h1-7,13,16-18H,8-9H2/t13-/m1/s1. The molecule has 1 atom stereocenters. The highest BCUT2D eigenvalue weighted by atomic mass is 16.3. The molecule has 1 aliphatic rings. The Bertz CT molecular complexity index is 580. The lowest BCUT2D eigenvalue weighted by Gasteiger charge is -2.26. The minimum atomic E-state index is -0.0733. The lowest BCUT2D eigenvalue weighted by molar-refractivity contribution is 0.402. The van der Waals surface area contributed by atoms with E-state index in [2.05, 4.69) is 17.4 Å². The van der Waals surface area contributed by atoms with Crippen molar-refractivity contribution in [2.24, 2.45) is 0 Å². The molecule has 18 heavy (non-hydrogen) atoms. The molecule has 0 aromatic heterocycles. The van der Waals surface area contributed by atoms with Gasteiger partial charge in [0.2, 0.25) is 0 Å². The number of phenols is 2. The molecule has 0 saturated heterocycles. The molecule has 1 aliphatic heterocycles. The molecule has 0 bridgehead atoms. The van der Waals surface area contributed by atoms with Crippen LogP contribution in [0.2, 0.25) is 0 Å². The van der Waals surface area contributed by atoms with Gasteiger partial charge in [0.1, 0.15) is 0 Å². The molecule has 2 aromatic carbocycles. The highest BCUT2D eigenvalue weighted by Crippen LogP contribution is 2.34. The van der Waals surface area contributed by atoms with Gasteiger partial charge in [0, 0.05) is 19.0 Å². The molecule has 92 valence electrons. The Labute approximate surface area is 106 Å². The van der Waals surface area contributed by atoms with Crippen molar-refractivity contribution < 1.29 is 10.2 Å². The molecule has 0 amide bonds. The molecule has 0 radical (unpaired) electrons. The molecule has 0 fully saturated rings. The van der Waals surface area contributed by atoms with Crippen LogP contribution in [0, 0.1) is 0 Å². The minimum absolute atomic E-state index is 0.0597. The second-order valence-electron chi connectivity index (χ2n) is 4.63. The van der Waals surface area contributed by atoms with Gasteiger partial charge >= 0.3 is 0 Å². The van der Waals surface area contributed by atoms with Crippen molar-refractivity contribution in [3.63, 3.8) is 0 Å². The van der Waals surface area contributed by atoms with E-state index in [1.165, 1.54) is 11.1 Å². The van der Waals surface area contributed by atoms with Crippen LogP contribution < -0.4 is 5.32 Å². The summed E-state index contributed by atoms with van der Waals surface area (Å²) in [6.07, 6.45) is 0. The summed E-state index contributed by atoms with van der Waals surface area (Å²) in [5.74, 6) is 0.0906. The van der Waals surface area contributed by atoms with Crippen LogP contribution >= 0.6 is 0 Å². The number of rotatable bonds is 1. The molecule has 1 heterocycles. The first-order valence-electron chi connectivity index (χ1n) is 6.06. The van der Waals surface area contributed by atoms with Crippen LogP contribution in [-0.2, 0) is 6.54 Å². The highest BCUT2D eigenvalue weighted by molar-refractivity contribution is 5.46. The minimum Gasteiger partial charge on any atom is -0.504 e. The lowest BCUT2D eigenvalue weighted by Crippen LogP contribution is -2.28. The Morgan fingerprint density at radius 2 is 1.83 bits per heavy atom. The van der Waals surface area contributed by atoms with Crippen molar-refractivity contribution in [3.05, 3.63) is 59.2 Å². The van der Waals surface area contributed by atoms with Gasteiger partial charge in [-0.3, -0.25) is 0 Å². The van der Waals surface area contributed by atoms with E-state index >= 15 is 0 Å². The topological polar surface area (TPSA) is 52.5 Å². The normalized spacial score (nSPS) is 18.3. The molecule has 2 aromatic rings. The Hall–Kier alpha value is -2.00. The summed E-state index contributed by atoms with van der Waals surface area (Å²) < 4.78 is 0. The van der Waals surface area contributed by atoms with Crippen LogP contribution in [0.15, 0.2) is 42.5 Å². The van der Waals surface area contributed by atoms with Crippen molar-refractivity contribution in [1.29, 1.82) is 0 Å². The van der Waals surface area contributed by atoms with Crippen LogP contribution in [0.4, 0.5) is 0 Å². The molecular formula is C15H15NO2. The zero-order valence-electron chi connectivity index (χ0n) is 9.93. The molecule has 0 unspecified atom stereocenters. The van der Waals surface area contributed by atoms with E-state index in [1.807, 2.05) is 18.2 Å². The summed E-state index contributed by atoms with van der Waals surface area (Å²) in [7, 11) is 0. The van der Waals surface area contributed by atoms with Crippen molar-refractivity contribution in [3.8, 4) is 11.5 Å². The number of hydrogen-bond donors (Lipinski definition) is 3. The van der Waals surface area contributed by atoms with E-state index in [9.17, 15) is 10.2 Å². The molecule has 0 spiro atoms. The maximum atomic E-state index is 9.61. The first-order chi connectivity index (χ1) is 8.75. The quantitative estimate of drug-likeness (QED) is 0.672. The Kier molecular flexibility index (Phi) is 2.68. The third kappa shape index (κ3) is 1.83. The number of aromatic hydroxyl groups is 2. The van der Waals surface area contributed by atoms with E-state index in [-0.39, 0.29) is 17.4 Å². The fourth-order valence-corrected chi connectivity index (χ4v) is 2.55. The van der Waals surface area contributed by atoms with E-state index in [1.54, 1.807) is 12.1 Å². The molecule has 3 nitrogen and oxygen atoms in total. The second kappa shape index (κ2) is 4.35. The van der Waals surface area contributed by atoms with Crippen molar-refractivity contribution in [1.82, 2.24) is 5.32 Å². The van der Waals surface area contributed by atoms with Crippen LogP contribution in [-0.4, -0.2) is 16.8 Å². The van der Waals surface area contributed by atoms with Gasteiger partial charge in [-0.15, -0.1) is 0 Å². The predicted molar refractivity (Wildman–Crippen MR) is 69.8 cm³/mol. The maximum Gasteiger partial charge on any atom is 0.157 e. The average molecular weight is 241 g/mol. The monoisotopic (exact) mass is 241 g/mol. The molecule has 3 rings (SSSR count). The first kappa shape index (κ1) is 11.1. The van der Waals surface area contributed by atoms with Crippen molar-refractivity contribution in [2.45, 2.75) is 12.5 Å². The zero-order chi connectivity index (χ0) is 12.5. The smallest absolute Gasteiger partial charge is 0.157 e. The van der Waals surface area contributed by atoms with E-state index < -0.39 is 0 Å². The molecule has 3 N–H and O–H groups in total. The van der Waals surface area contributed by atoms with Gasteiger partial charge in [-0.25, -0.2) is 0 Å². The molecular weight excluding hydrogens is 226 g/mol. The van der Waals surface area contributed by atoms with E-state index in [0.717, 1.165) is 18.7 Å². The molecule has 0 saturated carbocycles. The van der Waals surface area contributed by atoms with Gasteiger partial charge in [-0.1, -0.05) is 30.3 Å². The summed E-state index contributed by atoms with van der Waals surface area (Å²) in [6.45, 7) is 1.73. The Balaban J connectivity index is 2.05. The third-order valence-corrected chi connectivity index (χ3v) is 3.50. The van der Waals surface area contributed by atoms with Crippen LogP contribution in [0.1, 0.15) is 22.6 Å². The maximum absolute atomic E-state index is 9.61. The number of fused-ring (bicyclic) bond motifs is 1. The van der Waals surface area contributed by atoms with Gasteiger partial charge in [-0.05, 0) is 28.8 Å². The van der Waals surface area contributed by atoms with Gasteiger partial charge < -0.3 is 15.5 Å². The first-order valence-corrected chi connectivity index (χ1v) is 6.06. The molecule has 0 aliphatic carbocycles. The largest absolute Gasteiger partial charge is 0.504 e. The van der Waals surface area contributed by atoms with Gasteiger partial charge in [-0.2, -0.15) is 0 Å². The van der Waals surface area contributed by atoms with E-state index in [4.69, 9.17) is 0 Å². The van der Waals surface area contributed by atoms with Gasteiger partial charge in [0.05, 0.1) is 0 Å². The summed E-state index contributed by atoms with van der Waals surface area (Å²) in [6, 6.07) is 13.4. The Morgan fingerprint density at radius 1 is 1.00 bits per heavy atom. The van der Waals surface area contributed by atoms with Crippen molar-refractivity contribution in [2.75, 3.05) is 6.54 Å². The Morgan fingerprint density at radius 3 is 2.67 bits per heavy atom. The number of hydrogen-bond acceptors (Lipinski definition) is 3. The van der Waals surface area contributed by atoms with Gasteiger partial charge in [0.25, 0.3) is 0 Å². The zero-order valence-corrected chi connectivity index (χ0v) is 9.93. The average Bonchev–Trinajstić information content (AvgIpc) is 2.41. The fraction of sp³-hybridized carbons (Fsp3) is 0.200. The van der Waals surface area contributed by atoms with Gasteiger partial charge in [0.15, 0.2) is 11.5 Å². The number of benzene rings is 2. The van der Waals surface area contributed by atoms with E-state index in [0.29, 0.717) is 0 Å².